The van der Waals surface area contributed by atoms with E-state index in [0.717, 1.165) is 16.9 Å². The van der Waals surface area contributed by atoms with Crippen LogP contribution in [0.3, 0.4) is 0 Å². The van der Waals surface area contributed by atoms with Gasteiger partial charge in [0, 0.05) is 29.7 Å². The largest absolute Gasteiger partial charge is 0.497 e. The van der Waals surface area contributed by atoms with Gasteiger partial charge in [-0.15, -0.1) is 0 Å². The molecule has 3 aromatic rings. The van der Waals surface area contributed by atoms with Gasteiger partial charge in [0.2, 0.25) is 5.89 Å². The quantitative estimate of drug-likeness (QED) is 0.504. The van der Waals surface area contributed by atoms with Crippen molar-refractivity contribution in [3.05, 3.63) is 55.0 Å². The van der Waals surface area contributed by atoms with Gasteiger partial charge in [-0.25, -0.2) is 9.55 Å². The molecule has 1 aromatic carbocycles. The molecule has 0 saturated carbocycles. The fraction of sp³-hybridized carbons (Fsp3) is 0.222. The summed E-state index contributed by atoms with van der Waals surface area (Å²) in [7, 11) is -2.30. The van der Waals surface area contributed by atoms with E-state index in [2.05, 4.69) is 4.98 Å². The lowest BCUT2D eigenvalue weighted by Gasteiger charge is -2.00. The van der Waals surface area contributed by atoms with Crippen molar-refractivity contribution < 1.29 is 26.7 Å². The molecule has 26 heavy (non-hydrogen) atoms. The average Bonchev–Trinajstić information content (AvgIpc) is 3.11. The Bertz CT molecular complexity index is 964. The first kappa shape index (κ1) is 18.1. The SMILES string of the molecule is COc1ccc(-c2cnc(-c3cc[n+](CCCS(=O)(=O)O)cc3)o2)cc1. The van der Waals surface area contributed by atoms with Crippen LogP contribution in [0, 0.1) is 0 Å². The highest BCUT2D eigenvalue weighted by Gasteiger charge is 2.11. The summed E-state index contributed by atoms with van der Waals surface area (Å²) < 4.78 is 43.0. The van der Waals surface area contributed by atoms with Crippen molar-refractivity contribution >= 4 is 10.1 Å². The summed E-state index contributed by atoms with van der Waals surface area (Å²) in [6.07, 6.45) is 5.64. The minimum atomic E-state index is -3.92. The molecule has 8 heteroatoms. The van der Waals surface area contributed by atoms with Crippen LogP contribution in [0.1, 0.15) is 6.42 Å². The van der Waals surface area contributed by atoms with E-state index in [0.29, 0.717) is 24.6 Å². The zero-order valence-electron chi connectivity index (χ0n) is 14.2. The minimum absolute atomic E-state index is 0.257. The third-order valence-corrected chi connectivity index (χ3v) is 4.64. The summed E-state index contributed by atoms with van der Waals surface area (Å²) in [6.45, 7) is 0.489. The maximum absolute atomic E-state index is 10.7. The van der Waals surface area contributed by atoms with Gasteiger partial charge in [-0.05, 0) is 24.3 Å². The predicted molar refractivity (Wildman–Crippen MR) is 95.2 cm³/mol. The number of nitrogens with zero attached hydrogens (tertiary/aromatic N) is 2. The second kappa shape index (κ2) is 7.67. The average molecular weight is 375 g/mol. The van der Waals surface area contributed by atoms with E-state index in [1.807, 2.05) is 53.4 Å². The van der Waals surface area contributed by atoms with Crippen molar-refractivity contribution in [3.8, 4) is 28.5 Å². The highest BCUT2D eigenvalue weighted by molar-refractivity contribution is 7.85. The van der Waals surface area contributed by atoms with Crippen LogP contribution in [0.5, 0.6) is 5.75 Å². The van der Waals surface area contributed by atoms with E-state index in [9.17, 15) is 8.42 Å². The van der Waals surface area contributed by atoms with E-state index < -0.39 is 10.1 Å². The lowest BCUT2D eigenvalue weighted by Crippen LogP contribution is -2.33. The molecule has 0 spiro atoms. The van der Waals surface area contributed by atoms with Crippen LogP contribution in [0.25, 0.3) is 22.8 Å². The van der Waals surface area contributed by atoms with Gasteiger partial charge in [0.05, 0.1) is 19.1 Å². The Kier molecular flexibility index (Phi) is 5.34. The smallest absolute Gasteiger partial charge is 0.265 e. The van der Waals surface area contributed by atoms with Crippen molar-refractivity contribution in [1.82, 2.24) is 4.98 Å². The molecule has 3 rings (SSSR count). The van der Waals surface area contributed by atoms with Gasteiger partial charge in [-0.1, -0.05) is 0 Å². The van der Waals surface area contributed by atoms with E-state index in [1.54, 1.807) is 13.3 Å². The second-order valence-corrected chi connectivity index (χ2v) is 7.29. The molecule has 0 amide bonds. The number of pyridine rings is 1. The molecular formula is C18H19N2O5S+. The highest BCUT2D eigenvalue weighted by atomic mass is 32.2. The van der Waals surface area contributed by atoms with E-state index in [4.69, 9.17) is 13.7 Å². The van der Waals surface area contributed by atoms with Gasteiger partial charge in [-0.3, -0.25) is 4.55 Å². The maximum Gasteiger partial charge on any atom is 0.265 e. The summed E-state index contributed by atoms with van der Waals surface area (Å²) in [5, 5.41) is 0. The van der Waals surface area contributed by atoms with Crippen LogP contribution in [-0.2, 0) is 16.7 Å². The number of ether oxygens (including phenoxy) is 1. The molecule has 0 aliphatic heterocycles. The number of aromatic nitrogens is 2. The van der Waals surface area contributed by atoms with E-state index >= 15 is 0 Å². The maximum atomic E-state index is 10.7. The van der Waals surface area contributed by atoms with Crippen molar-refractivity contribution in [2.45, 2.75) is 13.0 Å². The summed E-state index contributed by atoms with van der Waals surface area (Å²) >= 11 is 0. The summed E-state index contributed by atoms with van der Waals surface area (Å²) in [5.74, 6) is 1.68. The Hall–Kier alpha value is -2.71. The standard InChI is InChI=1S/C18H18N2O5S/c1-24-16-5-3-14(4-6-16)17-13-19-18(25-17)15-7-10-20(11-8-15)9-2-12-26(21,22)23/h3-8,10-11,13H,2,9,12H2,1H3/p+1. The van der Waals surface area contributed by atoms with Gasteiger partial charge in [0.1, 0.15) is 12.3 Å². The van der Waals surface area contributed by atoms with Gasteiger partial charge in [-0.2, -0.15) is 8.42 Å². The summed E-state index contributed by atoms with van der Waals surface area (Å²) in [6, 6.07) is 11.2. The number of hydrogen-bond acceptors (Lipinski definition) is 5. The minimum Gasteiger partial charge on any atom is -0.497 e. The second-order valence-electron chi connectivity index (χ2n) is 5.72. The van der Waals surface area contributed by atoms with Gasteiger partial charge >= 0.3 is 0 Å². The fourth-order valence-electron chi connectivity index (χ4n) is 2.47. The Morgan fingerprint density at radius 1 is 1.12 bits per heavy atom. The third kappa shape index (κ3) is 4.68. The number of methoxy groups -OCH3 is 1. The normalized spacial score (nSPS) is 11.5. The topological polar surface area (TPSA) is 93.5 Å². The number of rotatable bonds is 7. The van der Waals surface area contributed by atoms with Crippen LogP contribution >= 0.6 is 0 Å². The van der Waals surface area contributed by atoms with Crippen molar-refractivity contribution in [3.63, 3.8) is 0 Å². The monoisotopic (exact) mass is 375 g/mol. The number of oxazole rings is 1. The van der Waals surface area contributed by atoms with Crippen molar-refractivity contribution in [2.75, 3.05) is 12.9 Å². The zero-order chi connectivity index (χ0) is 18.6. The van der Waals surface area contributed by atoms with Crippen LogP contribution < -0.4 is 9.30 Å². The molecule has 0 saturated heterocycles. The Balaban J connectivity index is 1.68. The molecule has 0 unspecified atom stereocenters. The Morgan fingerprint density at radius 2 is 1.81 bits per heavy atom. The number of hydrogen-bond donors (Lipinski definition) is 1. The van der Waals surface area contributed by atoms with Crippen LogP contribution in [0.15, 0.2) is 59.4 Å². The lowest BCUT2D eigenvalue weighted by molar-refractivity contribution is -0.696. The van der Waals surface area contributed by atoms with E-state index in [-0.39, 0.29) is 5.75 Å². The molecule has 136 valence electrons. The molecule has 1 N–H and O–H groups in total. The Morgan fingerprint density at radius 3 is 2.42 bits per heavy atom. The molecule has 0 aliphatic carbocycles. The molecule has 0 radical (unpaired) electrons. The molecule has 2 heterocycles. The van der Waals surface area contributed by atoms with E-state index in [1.165, 1.54) is 0 Å². The van der Waals surface area contributed by atoms with Gasteiger partial charge in [0.15, 0.2) is 18.2 Å². The molecule has 7 nitrogen and oxygen atoms in total. The zero-order valence-corrected chi connectivity index (χ0v) is 15.0. The van der Waals surface area contributed by atoms with Crippen LogP contribution in [0.4, 0.5) is 0 Å². The predicted octanol–water partition coefficient (Wildman–Crippen LogP) is 2.58. The highest BCUT2D eigenvalue weighted by Crippen LogP contribution is 2.26. The third-order valence-electron chi connectivity index (χ3n) is 3.84. The Labute approximate surface area is 151 Å². The van der Waals surface area contributed by atoms with Crippen LogP contribution in [0.2, 0.25) is 0 Å². The molecule has 0 bridgehead atoms. The van der Waals surface area contributed by atoms with Crippen LogP contribution in [-0.4, -0.2) is 30.8 Å². The number of aryl methyl sites for hydroxylation is 1. The first-order chi connectivity index (χ1) is 12.4. The van der Waals surface area contributed by atoms with Gasteiger partial charge < -0.3 is 9.15 Å². The lowest BCUT2D eigenvalue weighted by atomic mass is 10.2. The molecule has 2 aromatic heterocycles. The summed E-state index contributed by atoms with van der Waals surface area (Å²) in [4.78, 5) is 4.31. The summed E-state index contributed by atoms with van der Waals surface area (Å²) in [5.41, 5.74) is 1.72. The van der Waals surface area contributed by atoms with Crippen molar-refractivity contribution in [2.24, 2.45) is 0 Å². The van der Waals surface area contributed by atoms with Crippen molar-refractivity contribution in [1.29, 1.82) is 0 Å². The molecule has 0 atom stereocenters. The molecular weight excluding hydrogens is 356 g/mol. The number of benzene rings is 1. The first-order valence-electron chi connectivity index (χ1n) is 7.99. The molecule has 0 fully saturated rings. The fourth-order valence-corrected chi connectivity index (χ4v) is 2.97. The van der Waals surface area contributed by atoms with Gasteiger partial charge in [0.25, 0.3) is 10.1 Å². The molecule has 0 aliphatic rings. The first-order valence-corrected chi connectivity index (χ1v) is 9.60.